The Hall–Kier alpha value is -2.72. The summed E-state index contributed by atoms with van der Waals surface area (Å²) in [6, 6.07) is 17.2. The van der Waals surface area contributed by atoms with Gasteiger partial charge in [0.15, 0.2) is 0 Å². The molecule has 0 aliphatic carbocycles. The normalized spacial score (nSPS) is 12.2. The van der Waals surface area contributed by atoms with E-state index >= 15 is 0 Å². The number of sulfonamides is 1. The number of amides is 2. The summed E-state index contributed by atoms with van der Waals surface area (Å²) in [6.45, 7) is 6.47. The maximum Gasteiger partial charge on any atom is 0.264 e. The molecule has 214 valence electrons. The highest BCUT2D eigenvalue weighted by Gasteiger charge is 2.33. The van der Waals surface area contributed by atoms with E-state index in [2.05, 4.69) is 5.32 Å². The fourth-order valence-corrected chi connectivity index (χ4v) is 6.30. The third-order valence-electron chi connectivity index (χ3n) is 6.24. The number of nitrogens with zero attached hydrogens (tertiary/aromatic N) is 2. The average Bonchev–Trinajstić information content (AvgIpc) is 2.91. The lowest BCUT2D eigenvalue weighted by Crippen LogP contribution is -2.52. The first-order valence-corrected chi connectivity index (χ1v) is 16.0. The number of nitrogens with one attached hydrogen (secondary N) is 1. The molecule has 0 bridgehead atoms. The Kier molecular flexibility index (Phi) is 10.9. The van der Waals surface area contributed by atoms with Crippen molar-refractivity contribution in [3.05, 3.63) is 87.9 Å². The predicted molar refractivity (Wildman–Crippen MR) is 164 cm³/mol. The number of hydrogen-bond acceptors (Lipinski definition) is 5. The van der Waals surface area contributed by atoms with Crippen molar-refractivity contribution in [2.75, 3.05) is 17.1 Å². The molecule has 2 amide bonds. The Bertz CT molecular complexity index is 1430. The van der Waals surface area contributed by atoms with Gasteiger partial charge < -0.3 is 10.2 Å². The molecule has 40 heavy (non-hydrogen) atoms. The van der Waals surface area contributed by atoms with Crippen molar-refractivity contribution < 1.29 is 18.0 Å². The van der Waals surface area contributed by atoms with Gasteiger partial charge in [-0.05, 0) is 82.5 Å². The molecule has 0 aromatic heterocycles. The monoisotopic (exact) mass is 621 g/mol. The van der Waals surface area contributed by atoms with E-state index in [1.165, 1.54) is 28.8 Å². The molecule has 3 aromatic carbocycles. The minimum atomic E-state index is -4.15. The summed E-state index contributed by atoms with van der Waals surface area (Å²) in [4.78, 5) is 29.3. The highest BCUT2D eigenvalue weighted by Crippen LogP contribution is 2.29. The highest BCUT2D eigenvalue weighted by molar-refractivity contribution is 7.98. The first-order chi connectivity index (χ1) is 18.8. The van der Waals surface area contributed by atoms with Crippen molar-refractivity contribution >= 4 is 62.5 Å². The van der Waals surface area contributed by atoms with Crippen molar-refractivity contribution in [3.63, 3.8) is 0 Å². The molecule has 0 saturated heterocycles. The molecule has 0 fully saturated rings. The minimum Gasteiger partial charge on any atom is -0.352 e. The van der Waals surface area contributed by atoms with E-state index < -0.39 is 28.5 Å². The van der Waals surface area contributed by atoms with Crippen molar-refractivity contribution in [3.8, 4) is 0 Å². The van der Waals surface area contributed by atoms with Gasteiger partial charge in [0.2, 0.25) is 11.8 Å². The summed E-state index contributed by atoms with van der Waals surface area (Å²) in [5, 5.41) is 3.48. The van der Waals surface area contributed by atoms with Crippen LogP contribution in [0.2, 0.25) is 10.0 Å². The molecule has 0 heterocycles. The summed E-state index contributed by atoms with van der Waals surface area (Å²) in [6.07, 6.45) is 1.90. The van der Waals surface area contributed by atoms with Crippen LogP contribution in [-0.2, 0) is 26.2 Å². The molecule has 1 N–H and O–H groups in total. The van der Waals surface area contributed by atoms with Gasteiger partial charge >= 0.3 is 0 Å². The van der Waals surface area contributed by atoms with E-state index in [-0.39, 0.29) is 23.4 Å². The second-order valence-corrected chi connectivity index (χ2v) is 13.1. The van der Waals surface area contributed by atoms with E-state index in [1.54, 1.807) is 61.5 Å². The van der Waals surface area contributed by atoms with Gasteiger partial charge in [-0.1, -0.05) is 47.0 Å². The number of benzene rings is 3. The van der Waals surface area contributed by atoms with Crippen LogP contribution in [-0.4, -0.2) is 50.0 Å². The maximum absolute atomic E-state index is 14.0. The fraction of sp³-hybridized carbons (Fsp3) is 0.310. The van der Waals surface area contributed by atoms with E-state index in [0.29, 0.717) is 21.3 Å². The quantitative estimate of drug-likeness (QED) is 0.259. The van der Waals surface area contributed by atoms with Gasteiger partial charge in [-0.2, -0.15) is 0 Å². The summed E-state index contributed by atoms with van der Waals surface area (Å²) >= 11 is 14.3. The molecule has 0 aliphatic rings. The Balaban J connectivity index is 2.06. The topological polar surface area (TPSA) is 86.8 Å². The Morgan fingerprint density at radius 3 is 2.02 bits per heavy atom. The molecule has 3 aromatic rings. The predicted octanol–water partition coefficient (Wildman–Crippen LogP) is 6.16. The Morgan fingerprint density at radius 2 is 1.50 bits per heavy atom. The molecule has 1 atom stereocenters. The number of hydrogen-bond donors (Lipinski definition) is 1. The van der Waals surface area contributed by atoms with Crippen LogP contribution in [0.3, 0.4) is 0 Å². The third-order valence-corrected chi connectivity index (χ3v) is 9.48. The smallest absolute Gasteiger partial charge is 0.264 e. The van der Waals surface area contributed by atoms with E-state index in [0.717, 1.165) is 14.8 Å². The van der Waals surface area contributed by atoms with Crippen molar-refractivity contribution in [1.29, 1.82) is 0 Å². The largest absolute Gasteiger partial charge is 0.352 e. The van der Waals surface area contributed by atoms with Gasteiger partial charge in [-0.25, -0.2) is 8.42 Å². The molecule has 0 spiro atoms. The molecule has 0 radical (unpaired) electrons. The summed E-state index contributed by atoms with van der Waals surface area (Å²) in [5.41, 5.74) is 1.72. The zero-order valence-electron chi connectivity index (χ0n) is 23.0. The van der Waals surface area contributed by atoms with Crippen LogP contribution in [0.15, 0.2) is 76.5 Å². The van der Waals surface area contributed by atoms with E-state index in [9.17, 15) is 18.0 Å². The van der Waals surface area contributed by atoms with Gasteiger partial charge in [0.05, 0.1) is 10.6 Å². The van der Waals surface area contributed by atoms with Crippen molar-refractivity contribution in [2.24, 2.45) is 0 Å². The fourth-order valence-electron chi connectivity index (χ4n) is 3.96. The number of thioether (sulfide) groups is 1. The van der Waals surface area contributed by atoms with Crippen LogP contribution in [0, 0.1) is 6.92 Å². The molecule has 1 unspecified atom stereocenters. The third kappa shape index (κ3) is 7.72. The molecule has 0 aliphatic heterocycles. The molecular weight excluding hydrogens is 589 g/mol. The standard InChI is InChI=1S/C29H33Cl2N3O4S2/c1-19(2)32-29(36)21(4)33(17-25-26(30)7-6-8-27(25)31)28(35)18-34(22-11-9-20(3)10-12-22)40(37,38)24-15-13-23(39-5)14-16-24/h6-16,19,21H,17-18H2,1-5H3,(H,32,36). The highest BCUT2D eigenvalue weighted by atomic mass is 35.5. The molecule has 0 saturated carbocycles. The summed E-state index contributed by atoms with van der Waals surface area (Å²) in [7, 11) is -4.15. The van der Waals surface area contributed by atoms with Crippen LogP contribution in [0.5, 0.6) is 0 Å². The van der Waals surface area contributed by atoms with E-state index in [4.69, 9.17) is 23.2 Å². The van der Waals surface area contributed by atoms with Crippen LogP contribution in [0.4, 0.5) is 5.69 Å². The van der Waals surface area contributed by atoms with Crippen LogP contribution >= 0.6 is 35.0 Å². The number of carbonyl (C=O) groups is 2. The summed E-state index contributed by atoms with van der Waals surface area (Å²) in [5.74, 6) is -0.976. The molecule has 11 heteroatoms. The second kappa shape index (κ2) is 13.8. The lowest BCUT2D eigenvalue weighted by atomic mass is 10.1. The number of rotatable bonds is 11. The lowest BCUT2D eigenvalue weighted by molar-refractivity contribution is -0.139. The second-order valence-electron chi connectivity index (χ2n) is 9.58. The van der Waals surface area contributed by atoms with Crippen molar-refractivity contribution in [1.82, 2.24) is 10.2 Å². The number of anilines is 1. The van der Waals surface area contributed by atoms with Crippen LogP contribution in [0.1, 0.15) is 31.9 Å². The van der Waals surface area contributed by atoms with Crippen molar-refractivity contribution in [2.45, 2.75) is 56.1 Å². The van der Waals surface area contributed by atoms with Gasteiger partial charge in [0, 0.05) is 33.1 Å². The minimum absolute atomic E-state index is 0.0463. The Labute approximate surface area is 250 Å². The average molecular weight is 623 g/mol. The summed E-state index contributed by atoms with van der Waals surface area (Å²) < 4.78 is 28.9. The molecule has 7 nitrogen and oxygen atoms in total. The van der Waals surface area contributed by atoms with Gasteiger partial charge in [-0.15, -0.1) is 11.8 Å². The van der Waals surface area contributed by atoms with E-state index in [1.807, 2.05) is 27.0 Å². The molecular formula is C29H33Cl2N3O4S2. The van der Waals surface area contributed by atoms with Gasteiger partial charge in [-0.3, -0.25) is 13.9 Å². The first-order valence-electron chi connectivity index (χ1n) is 12.6. The van der Waals surface area contributed by atoms with Crippen LogP contribution < -0.4 is 9.62 Å². The van der Waals surface area contributed by atoms with Gasteiger partial charge in [0.25, 0.3) is 10.0 Å². The Morgan fingerprint density at radius 1 is 0.925 bits per heavy atom. The maximum atomic E-state index is 14.0. The zero-order chi connectivity index (χ0) is 29.6. The molecule has 3 rings (SSSR count). The van der Waals surface area contributed by atoms with Crippen LogP contribution in [0.25, 0.3) is 0 Å². The lowest BCUT2D eigenvalue weighted by Gasteiger charge is -2.32. The van der Waals surface area contributed by atoms with Gasteiger partial charge in [0.1, 0.15) is 12.6 Å². The number of aryl methyl sites for hydroxylation is 1. The SMILES string of the molecule is CSc1ccc(S(=O)(=O)N(CC(=O)N(Cc2c(Cl)cccc2Cl)C(C)C(=O)NC(C)C)c2ccc(C)cc2)cc1. The zero-order valence-corrected chi connectivity index (χ0v) is 26.2. The number of halogens is 2. The number of carbonyl (C=O) groups excluding carboxylic acids is 2. The first kappa shape index (κ1) is 31.8.